The molecule has 4 rings (SSSR count). The number of hydrogen-bond acceptors (Lipinski definition) is 4. The van der Waals surface area contributed by atoms with E-state index in [2.05, 4.69) is 5.32 Å². The van der Waals surface area contributed by atoms with Gasteiger partial charge in [-0.05, 0) is 60.9 Å². The molecule has 0 aromatic heterocycles. The van der Waals surface area contributed by atoms with Gasteiger partial charge in [0.2, 0.25) is 11.8 Å². The Labute approximate surface area is 263 Å². The topological polar surface area (TPSA) is 86.8 Å². The summed E-state index contributed by atoms with van der Waals surface area (Å²) in [6, 6.07) is 26.6. The molecular weight excluding hydrogens is 605 g/mol. The maximum atomic E-state index is 14.3. The highest BCUT2D eigenvalue weighted by Crippen LogP contribution is 2.29. The second-order valence-electron chi connectivity index (χ2n) is 10.2. The largest absolute Gasteiger partial charge is 0.357 e. The van der Waals surface area contributed by atoms with Crippen LogP contribution in [0.3, 0.4) is 0 Å². The predicted molar refractivity (Wildman–Crippen MR) is 172 cm³/mol. The van der Waals surface area contributed by atoms with Crippen molar-refractivity contribution in [2.45, 2.75) is 37.8 Å². The standard InChI is InChI=1S/C33H33Cl2N3O4S/c1-23-13-17-28(18-14-23)43(41,42)38(27-16-15-24(2)30(35)20-27)22-32(39)37(21-26-11-7-8-12-29(26)34)31(33(40)36-3)19-25-9-5-4-6-10-25/h4-18,20,31H,19,21-22H2,1-3H3,(H,36,40)/t31-/m0/s1. The number of amides is 2. The summed E-state index contributed by atoms with van der Waals surface area (Å²) in [6.45, 7) is 3.06. The first-order valence-corrected chi connectivity index (χ1v) is 15.8. The van der Waals surface area contributed by atoms with Crippen molar-refractivity contribution >= 4 is 50.7 Å². The van der Waals surface area contributed by atoms with Gasteiger partial charge in [-0.3, -0.25) is 13.9 Å². The second kappa shape index (κ2) is 14.1. The lowest BCUT2D eigenvalue weighted by molar-refractivity contribution is -0.139. The zero-order valence-electron chi connectivity index (χ0n) is 24.1. The lowest BCUT2D eigenvalue weighted by Gasteiger charge is -2.33. The van der Waals surface area contributed by atoms with Crippen LogP contribution in [0.5, 0.6) is 0 Å². The number of hydrogen-bond donors (Lipinski definition) is 1. The number of anilines is 1. The highest BCUT2D eigenvalue weighted by atomic mass is 35.5. The normalized spacial score (nSPS) is 11.9. The number of sulfonamides is 1. The molecule has 0 unspecified atom stereocenters. The van der Waals surface area contributed by atoms with E-state index in [1.807, 2.05) is 37.3 Å². The van der Waals surface area contributed by atoms with Crippen LogP contribution < -0.4 is 9.62 Å². The number of nitrogens with one attached hydrogen (secondary N) is 1. The maximum Gasteiger partial charge on any atom is 0.264 e. The molecule has 0 fully saturated rings. The molecule has 10 heteroatoms. The second-order valence-corrected chi connectivity index (χ2v) is 12.9. The van der Waals surface area contributed by atoms with E-state index < -0.39 is 34.4 Å². The van der Waals surface area contributed by atoms with Crippen LogP contribution in [0.2, 0.25) is 10.0 Å². The smallest absolute Gasteiger partial charge is 0.264 e. The molecule has 2 amide bonds. The van der Waals surface area contributed by atoms with Gasteiger partial charge in [0.15, 0.2) is 0 Å². The van der Waals surface area contributed by atoms with Crippen molar-refractivity contribution in [1.82, 2.24) is 10.2 Å². The zero-order chi connectivity index (χ0) is 31.1. The van der Waals surface area contributed by atoms with Gasteiger partial charge in [-0.1, -0.05) is 95.5 Å². The van der Waals surface area contributed by atoms with Crippen LogP contribution in [0.1, 0.15) is 22.3 Å². The van der Waals surface area contributed by atoms with E-state index in [1.165, 1.54) is 30.1 Å². The molecule has 0 heterocycles. The molecule has 43 heavy (non-hydrogen) atoms. The van der Waals surface area contributed by atoms with Crippen molar-refractivity contribution in [1.29, 1.82) is 0 Å². The molecule has 7 nitrogen and oxygen atoms in total. The lowest BCUT2D eigenvalue weighted by atomic mass is 10.0. The Morgan fingerprint density at radius 1 is 0.837 bits per heavy atom. The van der Waals surface area contributed by atoms with Crippen molar-refractivity contribution in [3.63, 3.8) is 0 Å². The number of rotatable bonds is 11. The number of likely N-dealkylation sites (N-methyl/N-ethyl adjacent to an activating group) is 1. The SMILES string of the molecule is CNC(=O)[C@H](Cc1ccccc1)N(Cc1ccccc1Cl)C(=O)CN(c1ccc(C)c(Cl)c1)S(=O)(=O)c1ccc(C)cc1. The molecule has 4 aromatic carbocycles. The first-order chi connectivity index (χ1) is 20.5. The summed E-state index contributed by atoms with van der Waals surface area (Å²) in [5, 5.41) is 3.44. The van der Waals surface area contributed by atoms with Gasteiger partial charge in [0.1, 0.15) is 12.6 Å². The number of benzene rings is 4. The summed E-state index contributed by atoms with van der Waals surface area (Å²) in [6.07, 6.45) is 0.206. The number of carbonyl (C=O) groups excluding carboxylic acids is 2. The minimum atomic E-state index is -4.22. The van der Waals surface area contributed by atoms with Crippen LogP contribution in [0, 0.1) is 13.8 Å². The number of nitrogens with zero attached hydrogens (tertiary/aromatic N) is 2. The van der Waals surface area contributed by atoms with E-state index in [1.54, 1.807) is 55.5 Å². The van der Waals surface area contributed by atoms with E-state index in [-0.39, 0.29) is 23.5 Å². The Kier molecular flexibility index (Phi) is 10.5. The Morgan fingerprint density at radius 3 is 2.12 bits per heavy atom. The van der Waals surface area contributed by atoms with Gasteiger partial charge in [0.25, 0.3) is 10.0 Å². The average Bonchev–Trinajstić information content (AvgIpc) is 3.00. The summed E-state index contributed by atoms with van der Waals surface area (Å²) in [7, 11) is -2.72. The molecule has 0 aliphatic rings. The van der Waals surface area contributed by atoms with Crippen LogP contribution in [0.4, 0.5) is 5.69 Å². The molecule has 1 N–H and O–H groups in total. The molecule has 0 aliphatic carbocycles. The van der Waals surface area contributed by atoms with Crippen LogP contribution in [0.25, 0.3) is 0 Å². The summed E-state index contributed by atoms with van der Waals surface area (Å²) in [5.41, 5.74) is 3.32. The van der Waals surface area contributed by atoms with E-state index in [0.717, 1.165) is 21.0 Å². The zero-order valence-corrected chi connectivity index (χ0v) is 26.5. The molecule has 0 saturated carbocycles. The number of carbonyl (C=O) groups is 2. The molecule has 0 radical (unpaired) electrons. The fraction of sp³-hybridized carbons (Fsp3) is 0.212. The van der Waals surface area contributed by atoms with Crippen molar-refractivity contribution in [3.05, 3.63) is 129 Å². The van der Waals surface area contributed by atoms with Crippen molar-refractivity contribution in [3.8, 4) is 0 Å². The summed E-state index contributed by atoms with van der Waals surface area (Å²) < 4.78 is 29.2. The summed E-state index contributed by atoms with van der Waals surface area (Å²) in [5.74, 6) is -0.979. The van der Waals surface area contributed by atoms with Crippen LogP contribution in [0.15, 0.2) is 102 Å². The predicted octanol–water partition coefficient (Wildman–Crippen LogP) is 6.19. The van der Waals surface area contributed by atoms with Gasteiger partial charge in [0.05, 0.1) is 10.6 Å². The maximum absolute atomic E-state index is 14.3. The van der Waals surface area contributed by atoms with Gasteiger partial charge in [-0.2, -0.15) is 0 Å². The molecule has 0 spiro atoms. The lowest BCUT2D eigenvalue weighted by Crippen LogP contribution is -2.53. The molecular formula is C33H33Cl2N3O4S. The van der Waals surface area contributed by atoms with Crippen molar-refractivity contribution in [2.75, 3.05) is 17.9 Å². The first-order valence-electron chi connectivity index (χ1n) is 13.6. The average molecular weight is 639 g/mol. The van der Waals surface area contributed by atoms with E-state index in [9.17, 15) is 18.0 Å². The van der Waals surface area contributed by atoms with Gasteiger partial charge < -0.3 is 10.2 Å². The molecule has 0 bridgehead atoms. The number of aryl methyl sites for hydroxylation is 2. The van der Waals surface area contributed by atoms with E-state index in [0.29, 0.717) is 15.6 Å². The van der Waals surface area contributed by atoms with E-state index >= 15 is 0 Å². The molecule has 4 aromatic rings. The fourth-order valence-electron chi connectivity index (χ4n) is 4.63. The highest BCUT2D eigenvalue weighted by molar-refractivity contribution is 7.92. The van der Waals surface area contributed by atoms with Crippen LogP contribution in [-0.2, 0) is 32.6 Å². The fourth-order valence-corrected chi connectivity index (χ4v) is 6.41. The molecule has 0 saturated heterocycles. The first kappa shape index (κ1) is 32.1. The minimum absolute atomic E-state index is 0.0174. The third-order valence-corrected chi connectivity index (χ3v) is 9.71. The van der Waals surface area contributed by atoms with Crippen LogP contribution in [-0.4, -0.2) is 44.8 Å². The molecule has 224 valence electrons. The minimum Gasteiger partial charge on any atom is -0.357 e. The third-order valence-electron chi connectivity index (χ3n) is 7.15. The molecule has 1 atom stereocenters. The molecule has 0 aliphatic heterocycles. The Bertz CT molecular complexity index is 1700. The monoisotopic (exact) mass is 637 g/mol. The third kappa shape index (κ3) is 7.76. The Hall–Kier alpha value is -3.85. The Balaban J connectivity index is 1.81. The van der Waals surface area contributed by atoms with Gasteiger partial charge in [-0.25, -0.2) is 8.42 Å². The quantitative estimate of drug-likeness (QED) is 0.212. The van der Waals surface area contributed by atoms with E-state index in [4.69, 9.17) is 23.2 Å². The highest BCUT2D eigenvalue weighted by Gasteiger charge is 2.34. The van der Waals surface area contributed by atoms with Gasteiger partial charge in [-0.15, -0.1) is 0 Å². The van der Waals surface area contributed by atoms with Gasteiger partial charge >= 0.3 is 0 Å². The van der Waals surface area contributed by atoms with Crippen LogP contribution >= 0.6 is 23.2 Å². The Morgan fingerprint density at radius 2 is 1.49 bits per heavy atom. The van der Waals surface area contributed by atoms with Crippen molar-refractivity contribution in [2.24, 2.45) is 0 Å². The summed E-state index contributed by atoms with van der Waals surface area (Å²) in [4.78, 5) is 29.1. The van der Waals surface area contributed by atoms with Crippen molar-refractivity contribution < 1.29 is 18.0 Å². The summed E-state index contributed by atoms with van der Waals surface area (Å²) >= 11 is 12.9. The number of halogens is 2. The van der Waals surface area contributed by atoms with Gasteiger partial charge in [0, 0.05) is 30.1 Å².